The number of ether oxygens (including phenoxy) is 1. The predicted octanol–water partition coefficient (Wildman–Crippen LogP) is 1.25. The zero-order valence-electron chi connectivity index (χ0n) is 7.53. The van der Waals surface area contributed by atoms with E-state index in [0.29, 0.717) is 12.8 Å². The van der Waals surface area contributed by atoms with E-state index in [9.17, 15) is 9.59 Å². The van der Waals surface area contributed by atoms with E-state index in [4.69, 9.17) is 0 Å². The van der Waals surface area contributed by atoms with Gasteiger partial charge in [-0.05, 0) is 24.5 Å². The first-order valence-electron chi connectivity index (χ1n) is 4.19. The summed E-state index contributed by atoms with van der Waals surface area (Å²) in [5.74, 6) is -0.00943. The molecule has 0 aromatic carbocycles. The lowest BCUT2D eigenvalue weighted by Gasteiger charge is -2.08. The molecule has 0 heterocycles. The molecule has 0 fully saturated rings. The van der Waals surface area contributed by atoms with Crippen LogP contribution in [-0.2, 0) is 14.3 Å². The molecule has 0 amide bonds. The molecule has 0 aromatic heterocycles. The molecule has 0 unspecified atom stereocenters. The maximum atomic E-state index is 10.8. The van der Waals surface area contributed by atoms with Crippen LogP contribution in [0.4, 0.5) is 0 Å². The van der Waals surface area contributed by atoms with Gasteiger partial charge in [-0.3, -0.25) is 9.59 Å². The largest absolute Gasteiger partial charge is 0.469 e. The molecule has 0 saturated carbocycles. The maximum absolute atomic E-state index is 10.8. The fourth-order valence-corrected chi connectivity index (χ4v) is 1.14. The Morgan fingerprint density at radius 2 is 2.08 bits per heavy atom. The standard InChI is InChI=1S/C10H12O3/c1-13-10(12)7-4-8-2-5-9(11)6-3-8/h2-3,5-6,8H,4,7H2,1H3. The molecule has 0 atom stereocenters. The minimum absolute atomic E-state index is 0.00863. The Kier molecular flexibility index (Phi) is 3.43. The summed E-state index contributed by atoms with van der Waals surface area (Å²) in [7, 11) is 1.37. The Bertz CT molecular complexity index is 247. The van der Waals surface area contributed by atoms with Crippen molar-refractivity contribution in [3.63, 3.8) is 0 Å². The van der Waals surface area contributed by atoms with Crippen LogP contribution in [0.1, 0.15) is 12.8 Å². The first-order chi connectivity index (χ1) is 6.22. The molecule has 1 aliphatic rings. The Balaban J connectivity index is 2.31. The fourth-order valence-electron chi connectivity index (χ4n) is 1.14. The summed E-state index contributed by atoms with van der Waals surface area (Å²) in [5, 5.41) is 0. The van der Waals surface area contributed by atoms with Gasteiger partial charge in [0.05, 0.1) is 7.11 Å². The summed E-state index contributed by atoms with van der Waals surface area (Å²) >= 11 is 0. The summed E-state index contributed by atoms with van der Waals surface area (Å²) in [5.41, 5.74) is 0. The highest BCUT2D eigenvalue weighted by Crippen LogP contribution is 2.14. The van der Waals surface area contributed by atoms with E-state index < -0.39 is 0 Å². The highest BCUT2D eigenvalue weighted by molar-refractivity contribution is 6.00. The van der Waals surface area contributed by atoms with Crippen LogP contribution in [0.5, 0.6) is 0 Å². The average molecular weight is 180 g/mol. The number of carbonyl (C=O) groups excluding carboxylic acids is 2. The van der Waals surface area contributed by atoms with E-state index in [1.54, 1.807) is 0 Å². The van der Waals surface area contributed by atoms with Gasteiger partial charge in [0, 0.05) is 6.42 Å². The smallest absolute Gasteiger partial charge is 0.305 e. The Morgan fingerprint density at radius 1 is 1.46 bits per heavy atom. The van der Waals surface area contributed by atoms with Crippen molar-refractivity contribution in [1.82, 2.24) is 0 Å². The Hall–Kier alpha value is -1.38. The van der Waals surface area contributed by atoms with Gasteiger partial charge >= 0.3 is 5.97 Å². The van der Waals surface area contributed by atoms with Gasteiger partial charge in [-0.25, -0.2) is 0 Å². The van der Waals surface area contributed by atoms with Crippen molar-refractivity contribution in [2.75, 3.05) is 7.11 Å². The molecule has 0 spiro atoms. The van der Waals surface area contributed by atoms with Crippen LogP contribution >= 0.6 is 0 Å². The van der Waals surface area contributed by atoms with Crippen molar-refractivity contribution in [3.8, 4) is 0 Å². The first-order valence-corrected chi connectivity index (χ1v) is 4.19. The highest BCUT2D eigenvalue weighted by atomic mass is 16.5. The van der Waals surface area contributed by atoms with E-state index in [-0.39, 0.29) is 17.7 Å². The van der Waals surface area contributed by atoms with Crippen LogP contribution in [0.3, 0.4) is 0 Å². The first kappa shape index (κ1) is 9.71. The lowest BCUT2D eigenvalue weighted by molar-refractivity contribution is -0.140. The second kappa shape index (κ2) is 4.60. The van der Waals surface area contributed by atoms with E-state index in [2.05, 4.69) is 4.74 Å². The van der Waals surface area contributed by atoms with Crippen LogP contribution in [-0.4, -0.2) is 18.9 Å². The zero-order chi connectivity index (χ0) is 9.68. The van der Waals surface area contributed by atoms with Crippen molar-refractivity contribution in [3.05, 3.63) is 24.3 Å². The maximum Gasteiger partial charge on any atom is 0.305 e. The number of hydrogen-bond acceptors (Lipinski definition) is 3. The molecule has 70 valence electrons. The number of carbonyl (C=O) groups is 2. The van der Waals surface area contributed by atoms with Gasteiger partial charge in [-0.15, -0.1) is 0 Å². The molecule has 0 radical (unpaired) electrons. The molecular formula is C10H12O3. The Morgan fingerprint density at radius 3 is 2.62 bits per heavy atom. The number of methoxy groups -OCH3 is 1. The topological polar surface area (TPSA) is 43.4 Å². The summed E-state index contributed by atoms with van der Waals surface area (Å²) in [6, 6.07) is 0. The number of ketones is 1. The molecule has 1 rings (SSSR count). The van der Waals surface area contributed by atoms with Crippen molar-refractivity contribution >= 4 is 11.8 Å². The molecule has 0 aromatic rings. The van der Waals surface area contributed by atoms with Crippen LogP contribution in [0, 0.1) is 5.92 Å². The van der Waals surface area contributed by atoms with Gasteiger partial charge in [0.15, 0.2) is 5.78 Å². The van der Waals surface area contributed by atoms with Gasteiger partial charge in [0.2, 0.25) is 0 Å². The molecule has 13 heavy (non-hydrogen) atoms. The number of hydrogen-bond donors (Lipinski definition) is 0. The number of allylic oxidation sites excluding steroid dienone is 4. The third kappa shape index (κ3) is 3.23. The summed E-state index contributed by atoms with van der Waals surface area (Å²) in [6.07, 6.45) is 7.78. The quantitative estimate of drug-likeness (QED) is 0.614. The summed E-state index contributed by atoms with van der Waals surface area (Å²) < 4.78 is 4.51. The molecular weight excluding hydrogens is 168 g/mol. The fraction of sp³-hybridized carbons (Fsp3) is 0.400. The van der Waals surface area contributed by atoms with Crippen LogP contribution in [0.25, 0.3) is 0 Å². The molecule has 0 aliphatic heterocycles. The van der Waals surface area contributed by atoms with Crippen molar-refractivity contribution in [2.24, 2.45) is 5.92 Å². The number of esters is 1. The highest BCUT2D eigenvalue weighted by Gasteiger charge is 2.09. The van der Waals surface area contributed by atoms with Crippen LogP contribution in [0.2, 0.25) is 0 Å². The third-order valence-corrected chi connectivity index (χ3v) is 1.92. The van der Waals surface area contributed by atoms with Gasteiger partial charge in [-0.2, -0.15) is 0 Å². The molecule has 0 bridgehead atoms. The minimum atomic E-state index is -0.210. The van der Waals surface area contributed by atoms with Gasteiger partial charge in [0.1, 0.15) is 0 Å². The van der Waals surface area contributed by atoms with Crippen LogP contribution < -0.4 is 0 Å². The second-order valence-corrected chi connectivity index (χ2v) is 2.90. The summed E-state index contributed by atoms with van der Waals surface area (Å²) in [4.78, 5) is 21.5. The van der Waals surface area contributed by atoms with Gasteiger partial charge in [0.25, 0.3) is 0 Å². The van der Waals surface area contributed by atoms with E-state index >= 15 is 0 Å². The van der Waals surface area contributed by atoms with Crippen molar-refractivity contribution in [2.45, 2.75) is 12.8 Å². The molecule has 3 heteroatoms. The normalized spacial score (nSPS) is 16.2. The number of rotatable bonds is 3. The minimum Gasteiger partial charge on any atom is -0.469 e. The third-order valence-electron chi connectivity index (χ3n) is 1.92. The van der Waals surface area contributed by atoms with Crippen LogP contribution in [0.15, 0.2) is 24.3 Å². The van der Waals surface area contributed by atoms with Crippen molar-refractivity contribution in [1.29, 1.82) is 0 Å². The summed E-state index contributed by atoms with van der Waals surface area (Å²) in [6.45, 7) is 0. The zero-order valence-corrected chi connectivity index (χ0v) is 7.53. The molecule has 0 saturated heterocycles. The molecule has 0 N–H and O–H groups in total. The van der Waals surface area contributed by atoms with Crippen molar-refractivity contribution < 1.29 is 14.3 Å². The van der Waals surface area contributed by atoms with E-state index in [0.717, 1.165) is 0 Å². The van der Waals surface area contributed by atoms with Gasteiger partial charge < -0.3 is 4.74 Å². The lowest BCUT2D eigenvalue weighted by atomic mass is 9.98. The second-order valence-electron chi connectivity index (χ2n) is 2.90. The predicted molar refractivity (Wildman–Crippen MR) is 48.0 cm³/mol. The lowest BCUT2D eigenvalue weighted by Crippen LogP contribution is -2.05. The monoisotopic (exact) mass is 180 g/mol. The Labute approximate surface area is 77.1 Å². The molecule has 3 nitrogen and oxygen atoms in total. The SMILES string of the molecule is COC(=O)CCC1C=CC(=O)C=C1. The molecule has 1 aliphatic carbocycles. The van der Waals surface area contributed by atoms with E-state index in [1.807, 2.05) is 12.2 Å². The van der Waals surface area contributed by atoms with Gasteiger partial charge in [-0.1, -0.05) is 12.2 Å². The van der Waals surface area contributed by atoms with E-state index in [1.165, 1.54) is 19.3 Å². The average Bonchev–Trinajstić information content (AvgIpc) is 2.16.